The first-order valence-corrected chi connectivity index (χ1v) is 14.1. The van der Waals surface area contributed by atoms with E-state index in [4.69, 9.17) is 30.4 Å². The molecule has 0 unspecified atom stereocenters. The first-order chi connectivity index (χ1) is 19.4. The maximum Gasteiger partial charge on any atom is 0.155 e. The van der Waals surface area contributed by atoms with Crippen molar-refractivity contribution in [2.75, 3.05) is 38.9 Å². The largest absolute Gasteiger partial charge is 0.505 e. The Kier molecular flexibility index (Phi) is 9.29. The fourth-order valence-corrected chi connectivity index (χ4v) is 5.04. The van der Waals surface area contributed by atoms with Gasteiger partial charge in [-0.05, 0) is 12.8 Å². The number of methoxy groups -OCH3 is 2. The van der Waals surface area contributed by atoms with Crippen molar-refractivity contribution in [3.8, 4) is 45.9 Å². The van der Waals surface area contributed by atoms with Crippen LogP contribution in [0.4, 0.5) is 11.4 Å². The van der Waals surface area contributed by atoms with Gasteiger partial charge in [0.15, 0.2) is 23.0 Å². The standard InChI is InChI=1S/C30H42N4O6/c1-5-7-9-11-13-39-29-17(31)15-19(37-3)23-21(29)27(35)25(33-23)26-28(36)22-24(34-26)20(38-4)16-18(32)30(22)40-14-12-10-8-6-2/h15-16,33-36H,5-14,31-32H2,1-4H3. The molecule has 10 nitrogen and oxygen atoms in total. The van der Waals surface area contributed by atoms with Crippen LogP contribution >= 0.6 is 0 Å². The van der Waals surface area contributed by atoms with Crippen LogP contribution in [0.25, 0.3) is 33.2 Å². The van der Waals surface area contributed by atoms with Crippen molar-refractivity contribution in [2.24, 2.45) is 0 Å². The third-order valence-electron chi connectivity index (χ3n) is 7.17. The fraction of sp³-hybridized carbons (Fsp3) is 0.467. The van der Waals surface area contributed by atoms with E-state index in [1.54, 1.807) is 12.1 Å². The number of H-pyrrole nitrogens is 2. The third kappa shape index (κ3) is 5.48. The highest BCUT2D eigenvalue weighted by Gasteiger charge is 2.28. The number of nitrogen functional groups attached to an aromatic ring is 2. The van der Waals surface area contributed by atoms with Crippen LogP contribution in [0.3, 0.4) is 0 Å². The molecule has 0 aliphatic rings. The Hall–Kier alpha value is -4.08. The number of nitrogens with two attached hydrogens (primary N) is 2. The molecule has 0 saturated heterocycles. The number of hydrogen-bond acceptors (Lipinski definition) is 8. The van der Waals surface area contributed by atoms with Gasteiger partial charge in [0.25, 0.3) is 0 Å². The molecule has 218 valence electrons. The van der Waals surface area contributed by atoms with Crippen LogP contribution in [0.15, 0.2) is 12.1 Å². The Bertz CT molecular complexity index is 1350. The molecule has 0 radical (unpaired) electrons. The molecule has 2 aromatic heterocycles. The average molecular weight is 555 g/mol. The molecule has 0 bridgehead atoms. The van der Waals surface area contributed by atoms with Crippen molar-refractivity contribution >= 4 is 33.2 Å². The molecule has 8 N–H and O–H groups in total. The third-order valence-corrected chi connectivity index (χ3v) is 7.17. The predicted octanol–water partition coefficient (Wildman–Crippen LogP) is 6.83. The van der Waals surface area contributed by atoms with E-state index in [2.05, 4.69) is 23.8 Å². The van der Waals surface area contributed by atoms with Crippen LogP contribution in [0, 0.1) is 0 Å². The first kappa shape index (κ1) is 28.9. The molecule has 0 fully saturated rings. The molecule has 2 aromatic carbocycles. The van der Waals surface area contributed by atoms with Gasteiger partial charge in [-0.2, -0.15) is 0 Å². The molecule has 0 aliphatic heterocycles. The van der Waals surface area contributed by atoms with Gasteiger partial charge >= 0.3 is 0 Å². The van der Waals surface area contributed by atoms with E-state index < -0.39 is 0 Å². The lowest BCUT2D eigenvalue weighted by atomic mass is 10.1. The summed E-state index contributed by atoms with van der Waals surface area (Å²) in [6, 6.07) is 3.31. The summed E-state index contributed by atoms with van der Waals surface area (Å²) in [7, 11) is 3.05. The van der Waals surface area contributed by atoms with Crippen molar-refractivity contribution < 1.29 is 29.2 Å². The Morgan fingerprint density at radius 1 is 0.650 bits per heavy atom. The molecular formula is C30H42N4O6. The first-order valence-electron chi connectivity index (χ1n) is 14.1. The van der Waals surface area contributed by atoms with E-state index in [1.807, 2.05) is 0 Å². The molecule has 0 atom stereocenters. The van der Waals surface area contributed by atoms with Crippen molar-refractivity contribution in [3.63, 3.8) is 0 Å². The second kappa shape index (κ2) is 12.8. The van der Waals surface area contributed by atoms with Crippen molar-refractivity contribution in [1.82, 2.24) is 9.97 Å². The highest BCUT2D eigenvalue weighted by Crippen LogP contribution is 2.52. The predicted molar refractivity (Wildman–Crippen MR) is 160 cm³/mol. The van der Waals surface area contributed by atoms with Gasteiger partial charge in [0.05, 0.1) is 60.6 Å². The van der Waals surface area contributed by atoms with Gasteiger partial charge in [-0.15, -0.1) is 0 Å². The van der Waals surface area contributed by atoms with E-state index in [-0.39, 0.29) is 22.9 Å². The second-order valence-electron chi connectivity index (χ2n) is 10.0. The summed E-state index contributed by atoms with van der Waals surface area (Å²) in [5.41, 5.74) is 14.8. The van der Waals surface area contributed by atoms with Gasteiger partial charge in [-0.3, -0.25) is 0 Å². The highest BCUT2D eigenvalue weighted by molar-refractivity contribution is 6.08. The number of anilines is 2. The van der Waals surface area contributed by atoms with Crippen molar-refractivity contribution in [1.29, 1.82) is 0 Å². The Morgan fingerprint density at radius 3 is 1.40 bits per heavy atom. The lowest BCUT2D eigenvalue weighted by molar-refractivity contribution is 0.308. The minimum atomic E-state index is -0.139. The Labute approximate surface area is 234 Å². The normalized spacial score (nSPS) is 11.4. The van der Waals surface area contributed by atoms with Crippen LogP contribution < -0.4 is 30.4 Å². The number of fused-ring (bicyclic) bond motifs is 2. The quantitative estimate of drug-likeness (QED) is 0.0688. The van der Waals surface area contributed by atoms with Crippen LogP contribution in [-0.4, -0.2) is 47.6 Å². The zero-order valence-corrected chi connectivity index (χ0v) is 23.9. The van der Waals surface area contributed by atoms with Crippen LogP contribution in [0.5, 0.6) is 34.5 Å². The second-order valence-corrected chi connectivity index (χ2v) is 10.0. The topological polar surface area (TPSA) is 161 Å². The number of aromatic amines is 2. The van der Waals surface area contributed by atoms with E-state index in [9.17, 15) is 10.2 Å². The number of benzene rings is 2. The van der Waals surface area contributed by atoms with Crippen LogP contribution in [0.1, 0.15) is 65.2 Å². The summed E-state index contributed by atoms with van der Waals surface area (Å²) in [5.74, 6) is 1.31. The minimum Gasteiger partial charge on any atom is -0.505 e. The number of aromatic hydroxyl groups is 2. The molecule has 2 heterocycles. The van der Waals surface area contributed by atoms with Gasteiger partial charge in [0.1, 0.15) is 22.9 Å². The smallest absolute Gasteiger partial charge is 0.155 e. The average Bonchev–Trinajstić information content (AvgIpc) is 3.46. The fourth-order valence-electron chi connectivity index (χ4n) is 5.04. The molecule has 10 heteroatoms. The van der Waals surface area contributed by atoms with E-state index in [1.165, 1.54) is 14.2 Å². The zero-order valence-electron chi connectivity index (χ0n) is 23.9. The van der Waals surface area contributed by atoms with E-state index in [0.29, 0.717) is 69.4 Å². The molecule has 4 aromatic rings. The molecule has 0 spiro atoms. The van der Waals surface area contributed by atoms with E-state index in [0.717, 1.165) is 51.4 Å². The summed E-state index contributed by atoms with van der Waals surface area (Å²) < 4.78 is 23.2. The van der Waals surface area contributed by atoms with Gasteiger partial charge in [0, 0.05) is 12.1 Å². The number of ether oxygens (including phenoxy) is 4. The van der Waals surface area contributed by atoms with Crippen molar-refractivity contribution in [2.45, 2.75) is 65.2 Å². The molecule has 0 aliphatic carbocycles. The summed E-state index contributed by atoms with van der Waals surface area (Å²) in [4.78, 5) is 6.41. The number of rotatable bonds is 15. The minimum absolute atomic E-state index is 0.139. The molecule has 0 amide bonds. The van der Waals surface area contributed by atoms with Gasteiger partial charge in [-0.25, -0.2) is 0 Å². The van der Waals surface area contributed by atoms with Gasteiger partial charge < -0.3 is 50.6 Å². The maximum atomic E-state index is 11.5. The summed E-state index contributed by atoms with van der Waals surface area (Å²) in [6.07, 6.45) is 8.28. The summed E-state index contributed by atoms with van der Waals surface area (Å²) in [5, 5.41) is 23.7. The Morgan fingerprint density at radius 2 is 1.05 bits per heavy atom. The molecule has 4 rings (SSSR count). The summed E-state index contributed by atoms with van der Waals surface area (Å²) in [6.45, 7) is 5.21. The summed E-state index contributed by atoms with van der Waals surface area (Å²) >= 11 is 0. The Balaban J connectivity index is 1.82. The maximum absolute atomic E-state index is 11.5. The van der Waals surface area contributed by atoms with E-state index >= 15 is 0 Å². The lowest BCUT2D eigenvalue weighted by Gasteiger charge is -2.12. The highest BCUT2D eigenvalue weighted by atomic mass is 16.5. The SMILES string of the molecule is CCCCCCOc1c(N)cc(OC)c2[nH]c(-c3[nH]c4c(OC)cc(N)c(OCCCCCC)c4c3O)c(O)c12. The van der Waals surface area contributed by atoms with Crippen LogP contribution in [0.2, 0.25) is 0 Å². The monoisotopic (exact) mass is 554 g/mol. The van der Waals surface area contributed by atoms with Gasteiger partial charge in [-0.1, -0.05) is 52.4 Å². The lowest BCUT2D eigenvalue weighted by Crippen LogP contribution is -2.01. The van der Waals surface area contributed by atoms with Crippen molar-refractivity contribution in [3.05, 3.63) is 12.1 Å². The number of hydrogen-bond donors (Lipinski definition) is 6. The number of nitrogens with one attached hydrogen (secondary N) is 2. The number of unbranched alkanes of at least 4 members (excludes halogenated alkanes) is 6. The molecule has 0 saturated carbocycles. The number of aromatic nitrogens is 2. The zero-order chi connectivity index (χ0) is 28.8. The van der Waals surface area contributed by atoms with Gasteiger partial charge in [0.2, 0.25) is 0 Å². The molecular weight excluding hydrogens is 512 g/mol. The molecule has 40 heavy (non-hydrogen) atoms. The van der Waals surface area contributed by atoms with Crippen LogP contribution in [-0.2, 0) is 0 Å².